The molecule has 1 aromatic carbocycles. The van der Waals surface area contributed by atoms with Crippen LogP contribution in [-0.2, 0) is 6.54 Å². The maximum absolute atomic E-state index is 11.3. The smallest absolute Gasteiger partial charge is 0.281 e. The highest BCUT2D eigenvalue weighted by molar-refractivity contribution is 8.13. The third-order valence-electron chi connectivity index (χ3n) is 3.25. The number of benzene rings is 1. The van der Waals surface area contributed by atoms with Crippen LogP contribution >= 0.6 is 11.8 Å². The van der Waals surface area contributed by atoms with Crippen LogP contribution in [0.15, 0.2) is 41.6 Å². The van der Waals surface area contributed by atoms with E-state index in [1.807, 2.05) is 30.3 Å². The van der Waals surface area contributed by atoms with Crippen molar-refractivity contribution in [3.63, 3.8) is 0 Å². The SMILES string of the molecule is NC(=O)Sc1c(N)n(Cc2ccccc2)c2ncnc(N)c12. The summed E-state index contributed by atoms with van der Waals surface area (Å²) in [4.78, 5) is 20.0. The highest BCUT2D eigenvalue weighted by Crippen LogP contribution is 2.38. The fourth-order valence-electron chi connectivity index (χ4n) is 2.31. The van der Waals surface area contributed by atoms with E-state index in [-0.39, 0.29) is 5.82 Å². The molecule has 0 aliphatic rings. The van der Waals surface area contributed by atoms with Crippen molar-refractivity contribution in [1.82, 2.24) is 14.5 Å². The summed E-state index contributed by atoms with van der Waals surface area (Å²) in [6.45, 7) is 0.513. The van der Waals surface area contributed by atoms with Crippen LogP contribution in [0.2, 0.25) is 0 Å². The standard InChI is InChI=1S/C14H14N6OS/c15-11-9-10(22-14(17)21)12(16)20(13(9)19-7-18-11)6-8-4-2-1-3-5-8/h1-5,7H,6,16H2,(H2,17,21)(H2,15,18,19). The number of nitrogens with zero attached hydrogens (tertiary/aromatic N) is 3. The minimum absolute atomic E-state index is 0.271. The second kappa shape index (κ2) is 5.57. The third kappa shape index (κ3) is 2.44. The van der Waals surface area contributed by atoms with Crippen LogP contribution < -0.4 is 17.2 Å². The number of hydrogen-bond donors (Lipinski definition) is 3. The van der Waals surface area contributed by atoms with Crippen molar-refractivity contribution in [1.29, 1.82) is 0 Å². The van der Waals surface area contributed by atoms with Crippen LogP contribution in [0, 0.1) is 0 Å². The van der Waals surface area contributed by atoms with E-state index < -0.39 is 5.24 Å². The number of carbonyl (C=O) groups excluding carboxylic acids is 1. The third-order valence-corrected chi connectivity index (χ3v) is 4.07. The summed E-state index contributed by atoms with van der Waals surface area (Å²) in [6.07, 6.45) is 1.37. The van der Waals surface area contributed by atoms with Crippen LogP contribution in [-0.4, -0.2) is 19.8 Å². The lowest BCUT2D eigenvalue weighted by molar-refractivity contribution is 0.267. The van der Waals surface area contributed by atoms with Gasteiger partial charge >= 0.3 is 0 Å². The molecule has 8 heteroatoms. The van der Waals surface area contributed by atoms with E-state index in [9.17, 15) is 4.79 Å². The largest absolute Gasteiger partial charge is 0.384 e. The maximum Gasteiger partial charge on any atom is 0.281 e. The number of hydrogen-bond acceptors (Lipinski definition) is 6. The van der Waals surface area contributed by atoms with Crippen LogP contribution in [0.4, 0.5) is 16.4 Å². The molecule has 2 heterocycles. The van der Waals surface area contributed by atoms with Crippen molar-refractivity contribution in [2.75, 3.05) is 11.5 Å². The molecule has 6 N–H and O–H groups in total. The van der Waals surface area contributed by atoms with Gasteiger partial charge in [-0.1, -0.05) is 30.3 Å². The zero-order chi connectivity index (χ0) is 15.7. The van der Waals surface area contributed by atoms with Crippen LogP contribution in [0.5, 0.6) is 0 Å². The molecule has 0 radical (unpaired) electrons. The average molecular weight is 314 g/mol. The predicted octanol–water partition coefficient (Wildman–Crippen LogP) is 1.81. The van der Waals surface area contributed by atoms with E-state index in [2.05, 4.69) is 9.97 Å². The summed E-state index contributed by atoms with van der Waals surface area (Å²) in [5.74, 6) is 0.669. The number of amides is 1. The number of nitrogens with two attached hydrogens (primary N) is 3. The predicted molar refractivity (Wildman–Crippen MR) is 87.3 cm³/mol. The molecular weight excluding hydrogens is 300 g/mol. The van der Waals surface area contributed by atoms with Gasteiger partial charge in [0.2, 0.25) is 0 Å². The molecule has 22 heavy (non-hydrogen) atoms. The summed E-state index contributed by atoms with van der Waals surface area (Å²) >= 11 is 0.833. The number of primary amides is 1. The van der Waals surface area contributed by atoms with Gasteiger partial charge in [-0.2, -0.15) is 0 Å². The first-order valence-electron chi connectivity index (χ1n) is 6.47. The second-order valence-corrected chi connectivity index (χ2v) is 5.68. The molecular formula is C14H14N6OS. The Balaban J connectivity index is 2.20. The van der Waals surface area contributed by atoms with E-state index in [1.165, 1.54) is 6.33 Å². The Hall–Kier alpha value is -2.74. The molecule has 0 fully saturated rings. The van der Waals surface area contributed by atoms with Crippen LogP contribution in [0.1, 0.15) is 5.56 Å². The minimum atomic E-state index is -0.561. The molecule has 0 aliphatic heterocycles. The Bertz CT molecular complexity index is 845. The fraction of sp³-hybridized carbons (Fsp3) is 0.0714. The maximum atomic E-state index is 11.3. The van der Waals surface area contributed by atoms with Gasteiger partial charge in [-0.25, -0.2) is 9.97 Å². The van der Waals surface area contributed by atoms with Gasteiger partial charge in [-0.05, 0) is 17.3 Å². The Morgan fingerprint density at radius 2 is 1.91 bits per heavy atom. The number of nitrogen functional groups attached to an aromatic ring is 2. The number of fused-ring (bicyclic) bond motifs is 1. The monoisotopic (exact) mass is 314 g/mol. The lowest BCUT2D eigenvalue weighted by Gasteiger charge is -2.07. The van der Waals surface area contributed by atoms with Gasteiger partial charge in [0, 0.05) is 0 Å². The number of anilines is 2. The summed E-state index contributed by atoms with van der Waals surface area (Å²) in [6, 6.07) is 9.79. The van der Waals surface area contributed by atoms with Gasteiger partial charge < -0.3 is 21.8 Å². The van der Waals surface area contributed by atoms with E-state index in [1.54, 1.807) is 4.57 Å². The molecule has 3 rings (SSSR count). The molecule has 0 atom stereocenters. The second-order valence-electron chi connectivity index (χ2n) is 4.66. The normalized spacial score (nSPS) is 10.9. The van der Waals surface area contributed by atoms with E-state index in [0.29, 0.717) is 28.3 Å². The van der Waals surface area contributed by atoms with Gasteiger partial charge in [0.1, 0.15) is 23.6 Å². The Morgan fingerprint density at radius 1 is 1.18 bits per heavy atom. The highest BCUT2D eigenvalue weighted by Gasteiger charge is 2.21. The lowest BCUT2D eigenvalue weighted by atomic mass is 10.2. The first kappa shape index (κ1) is 14.2. The topological polar surface area (TPSA) is 126 Å². The van der Waals surface area contributed by atoms with Crippen LogP contribution in [0.3, 0.4) is 0 Å². The van der Waals surface area contributed by atoms with E-state index in [0.717, 1.165) is 17.3 Å². The lowest BCUT2D eigenvalue weighted by Crippen LogP contribution is -2.06. The molecule has 0 unspecified atom stereocenters. The van der Waals surface area contributed by atoms with Crippen molar-refractivity contribution in [3.8, 4) is 0 Å². The quantitative estimate of drug-likeness (QED) is 0.633. The number of carbonyl (C=O) groups is 1. The van der Waals surface area contributed by atoms with Crippen molar-refractivity contribution in [3.05, 3.63) is 42.2 Å². The molecule has 1 amide bonds. The van der Waals surface area contributed by atoms with Gasteiger partial charge in [-0.3, -0.25) is 4.79 Å². The van der Waals surface area contributed by atoms with Gasteiger partial charge in [0.25, 0.3) is 5.24 Å². The molecule has 0 saturated heterocycles. The highest BCUT2D eigenvalue weighted by atomic mass is 32.2. The van der Waals surface area contributed by atoms with Gasteiger partial charge in [0.05, 0.1) is 16.8 Å². The van der Waals surface area contributed by atoms with Crippen molar-refractivity contribution >= 4 is 39.7 Å². The van der Waals surface area contributed by atoms with Crippen LogP contribution in [0.25, 0.3) is 11.0 Å². The fourth-order valence-corrected chi connectivity index (χ4v) is 3.02. The van der Waals surface area contributed by atoms with E-state index in [4.69, 9.17) is 17.2 Å². The van der Waals surface area contributed by atoms with Gasteiger partial charge in [0.15, 0.2) is 0 Å². The van der Waals surface area contributed by atoms with Gasteiger partial charge in [-0.15, -0.1) is 0 Å². The first-order chi connectivity index (χ1) is 10.6. The summed E-state index contributed by atoms with van der Waals surface area (Å²) in [5, 5.41) is -0.00607. The first-order valence-corrected chi connectivity index (χ1v) is 7.29. The van der Waals surface area contributed by atoms with Crippen molar-refractivity contribution in [2.24, 2.45) is 5.73 Å². The Kier molecular flexibility index (Phi) is 3.60. The zero-order valence-electron chi connectivity index (χ0n) is 11.6. The molecule has 2 aromatic heterocycles. The summed E-state index contributed by atoms with van der Waals surface area (Å²) < 4.78 is 1.80. The molecule has 7 nitrogen and oxygen atoms in total. The summed E-state index contributed by atoms with van der Waals surface area (Å²) in [5.41, 5.74) is 19.0. The summed E-state index contributed by atoms with van der Waals surface area (Å²) in [7, 11) is 0. The molecule has 0 spiro atoms. The minimum Gasteiger partial charge on any atom is -0.384 e. The van der Waals surface area contributed by atoms with Crippen molar-refractivity contribution < 1.29 is 4.79 Å². The zero-order valence-corrected chi connectivity index (χ0v) is 12.4. The molecule has 0 bridgehead atoms. The number of thioether (sulfide) groups is 1. The number of rotatable bonds is 3. The average Bonchev–Trinajstić information content (AvgIpc) is 2.75. The number of aromatic nitrogens is 3. The Morgan fingerprint density at radius 3 is 2.59 bits per heavy atom. The van der Waals surface area contributed by atoms with Crippen molar-refractivity contribution in [2.45, 2.75) is 11.4 Å². The molecule has 0 saturated carbocycles. The molecule has 112 valence electrons. The Labute approximate surface area is 130 Å². The molecule has 3 aromatic rings. The van der Waals surface area contributed by atoms with E-state index >= 15 is 0 Å². The molecule has 0 aliphatic carbocycles.